The molecule has 2 fully saturated rings. The minimum atomic E-state index is 0.642. The van der Waals surface area contributed by atoms with Crippen molar-refractivity contribution >= 4 is 5.96 Å². The maximum Gasteiger partial charge on any atom is 0.191 e. The Bertz CT molecular complexity index is 600. The summed E-state index contributed by atoms with van der Waals surface area (Å²) in [5, 5.41) is 6.92. The van der Waals surface area contributed by atoms with Gasteiger partial charge in [0.25, 0.3) is 0 Å². The lowest BCUT2D eigenvalue weighted by atomic mass is 10.1. The molecule has 1 saturated carbocycles. The first-order valence-electron chi connectivity index (χ1n) is 10.7. The summed E-state index contributed by atoms with van der Waals surface area (Å²) in [5.74, 6) is 3.37. The highest BCUT2D eigenvalue weighted by Crippen LogP contribution is 2.30. The van der Waals surface area contributed by atoms with Crippen LogP contribution in [0.3, 0.4) is 0 Å². The average Bonchev–Trinajstić information content (AvgIpc) is 3.41. The molecule has 5 nitrogen and oxygen atoms in total. The fourth-order valence-corrected chi connectivity index (χ4v) is 3.61. The SMILES string of the molecule is CCCN1CCC(CNC(=NCc2ccccc2OCC2CC2)NCC)C1. The summed E-state index contributed by atoms with van der Waals surface area (Å²) < 4.78 is 6.01. The van der Waals surface area contributed by atoms with Crippen molar-refractivity contribution in [1.82, 2.24) is 15.5 Å². The summed E-state index contributed by atoms with van der Waals surface area (Å²) in [5.41, 5.74) is 1.16. The van der Waals surface area contributed by atoms with Crippen LogP contribution in [0.4, 0.5) is 0 Å². The number of likely N-dealkylation sites (tertiary alicyclic amines) is 1. The molecule has 150 valence electrons. The number of guanidine groups is 1. The normalized spacial score (nSPS) is 20.7. The zero-order valence-electron chi connectivity index (χ0n) is 17.0. The van der Waals surface area contributed by atoms with Crippen LogP contribution < -0.4 is 15.4 Å². The molecule has 1 atom stereocenters. The van der Waals surface area contributed by atoms with E-state index in [1.807, 2.05) is 6.07 Å². The summed E-state index contributed by atoms with van der Waals surface area (Å²) in [4.78, 5) is 7.38. The molecule has 0 radical (unpaired) electrons. The van der Waals surface area contributed by atoms with E-state index >= 15 is 0 Å². The van der Waals surface area contributed by atoms with E-state index in [-0.39, 0.29) is 0 Å². The topological polar surface area (TPSA) is 48.9 Å². The molecular formula is C22H36N4O. The quantitative estimate of drug-likeness (QED) is 0.489. The predicted molar refractivity (Wildman–Crippen MR) is 112 cm³/mol. The Hall–Kier alpha value is -1.75. The van der Waals surface area contributed by atoms with Crippen molar-refractivity contribution in [2.24, 2.45) is 16.8 Å². The van der Waals surface area contributed by atoms with Gasteiger partial charge in [0, 0.05) is 25.2 Å². The third kappa shape index (κ3) is 6.73. The molecule has 1 heterocycles. The van der Waals surface area contributed by atoms with Crippen LogP contribution in [0.1, 0.15) is 45.1 Å². The van der Waals surface area contributed by atoms with Crippen LogP contribution in [-0.4, -0.2) is 50.2 Å². The van der Waals surface area contributed by atoms with Crippen LogP contribution in [0.15, 0.2) is 29.3 Å². The molecule has 0 spiro atoms. The highest BCUT2D eigenvalue weighted by atomic mass is 16.5. The fourth-order valence-electron chi connectivity index (χ4n) is 3.61. The van der Waals surface area contributed by atoms with Gasteiger partial charge in [0.1, 0.15) is 5.75 Å². The van der Waals surface area contributed by atoms with Gasteiger partial charge in [-0.1, -0.05) is 25.1 Å². The maximum absolute atomic E-state index is 6.01. The largest absolute Gasteiger partial charge is 0.493 e. The van der Waals surface area contributed by atoms with Gasteiger partial charge in [0.15, 0.2) is 5.96 Å². The Morgan fingerprint density at radius 1 is 1.15 bits per heavy atom. The molecular weight excluding hydrogens is 336 g/mol. The van der Waals surface area contributed by atoms with Gasteiger partial charge in [0.05, 0.1) is 13.2 Å². The Kier molecular flexibility index (Phi) is 7.81. The van der Waals surface area contributed by atoms with Crippen LogP contribution in [0.2, 0.25) is 0 Å². The zero-order chi connectivity index (χ0) is 18.9. The lowest BCUT2D eigenvalue weighted by Gasteiger charge is -2.17. The molecule has 1 aliphatic heterocycles. The summed E-state index contributed by atoms with van der Waals surface area (Å²) in [7, 11) is 0. The first-order chi connectivity index (χ1) is 13.3. The van der Waals surface area contributed by atoms with E-state index in [0.717, 1.165) is 48.8 Å². The zero-order valence-corrected chi connectivity index (χ0v) is 17.0. The first kappa shape index (κ1) is 20.0. The molecule has 1 unspecified atom stereocenters. The third-order valence-corrected chi connectivity index (χ3v) is 5.36. The summed E-state index contributed by atoms with van der Waals surface area (Å²) in [6.45, 7) is 11.4. The molecule has 0 aromatic heterocycles. The van der Waals surface area contributed by atoms with Crippen LogP contribution in [0, 0.1) is 11.8 Å². The smallest absolute Gasteiger partial charge is 0.191 e. The van der Waals surface area contributed by atoms with Gasteiger partial charge >= 0.3 is 0 Å². The second kappa shape index (κ2) is 10.5. The average molecular weight is 373 g/mol. The summed E-state index contributed by atoms with van der Waals surface area (Å²) >= 11 is 0. The molecule has 2 N–H and O–H groups in total. The highest BCUT2D eigenvalue weighted by Gasteiger charge is 2.23. The lowest BCUT2D eigenvalue weighted by Crippen LogP contribution is -2.40. The van der Waals surface area contributed by atoms with Gasteiger partial charge in [-0.25, -0.2) is 4.99 Å². The molecule has 1 aliphatic carbocycles. The standard InChI is InChI=1S/C22H36N4O/c1-3-12-26-13-11-19(16-26)14-24-22(23-4-2)25-15-20-7-5-6-8-21(20)27-17-18-9-10-18/h5-8,18-19H,3-4,9-17H2,1-2H3,(H2,23,24,25). The van der Waals surface area contributed by atoms with E-state index in [1.165, 1.54) is 45.3 Å². The predicted octanol–water partition coefficient (Wildman–Crippen LogP) is 3.26. The van der Waals surface area contributed by atoms with Gasteiger partial charge in [-0.15, -0.1) is 0 Å². The minimum absolute atomic E-state index is 0.642. The van der Waals surface area contributed by atoms with Crippen molar-refractivity contribution in [3.63, 3.8) is 0 Å². The number of aliphatic imine (C=N–C) groups is 1. The van der Waals surface area contributed by atoms with Crippen molar-refractivity contribution in [3.8, 4) is 5.75 Å². The lowest BCUT2D eigenvalue weighted by molar-refractivity contribution is 0.297. The fraction of sp³-hybridized carbons (Fsp3) is 0.682. The van der Waals surface area contributed by atoms with Crippen LogP contribution in [0.5, 0.6) is 5.75 Å². The monoisotopic (exact) mass is 372 g/mol. The second-order valence-corrected chi connectivity index (χ2v) is 7.89. The van der Waals surface area contributed by atoms with E-state index in [9.17, 15) is 0 Å². The molecule has 27 heavy (non-hydrogen) atoms. The molecule has 1 aromatic rings. The minimum Gasteiger partial charge on any atom is -0.493 e. The number of ether oxygens (including phenoxy) is 1. The number of hydrogen-bond donors (Lipinski definition) is 2. The van der Waals surface area contributed by atoms with Crippen LogP contribution in [-0.2, 0) is 6.54 Å². The summed E-state index contributed by atoms with van der Waals surface area (Å²) in [6, 6.07) is 8.29. The molecule has 1 saturated heterocycles. The molecule has 0 amide bonds. The van der Waals surface area contributed by atoms with Gasteiger partial charge in [-0.3, -0.25) is 0 Å². The third-order valence-electron chi connectivity index (χ3n) is 5.36. The van der Waals surface area contributed by atoms with Gasteiger partial charge in [-0.2, -0.15) is 0 Å². The molecule has 3 rings (SSSR count). The van der Waals surface area contributed by atoms with E-state index in [4.69, 9.17) is 9.73 Å². The number of nitrogens with zero attached hydrogens (tertiary/aromatic N) is 2. The molecule has 0 bridgehead atoms. The maximum atomic E-state index is 6.01. The van der Waals surface area contributed by atoms with E-state index in [1.54, 1.807) is 0 Å². The van der Waals surface area contributed by atoms with E-state index in [0.29, 0.717) is 6.54 Å². The molecule has 2 aliphatic rings. The van der Waals surface area contributed by atoms with E-state index in [2.05, 4.69) is 47.6 Å². The Balaban J connectivity index is 1.51. The number of benzene rings is 1. The van der Waals surface area contributed by atoms with Crippen molar-refractivity contribution in [2.45, 2.75) is 46.1 Å². The van der Waals surface area contributed by atoms with Crippen molar-refractivity contribution < 1.29 is 4.74 Å². The Morgan fingerprint density at radius 2 is 2.00 bits per heavy atom. The second-order valence-electron chi connectivity index (χ2n) is 7.89. The van der Waals surface area contributed by atoms with E-state index < -0.39 is 0 Å². The number of rotatable bonds is 10. The van der Waals surface area contributed by atoms with Gasteiger partial charge in [0.2, 0.25) is 0 Å². The van der Waals surface area contributed by atoms with Crippen molar-refractivity contribution in [1.29, 1.82) is 0 Å². The number of para-hydroxylation sites is 1. The van der Waals surface area contributed by atoms with Crippen LogP contribution >= 0.6 is 0 Å². The van der Waals surface area contributed by atoms with Crippen LogP contribution in [0.25, 0.3) is 0 Å². The first-order valence-corrected chi connectivity index (χ1v) is 10.7. The number of hydrogen-bond acceptors (Lipinski definition) is 3. The van der Waals surface area contributed by atoms with Crippen molar-refractivity contribution in [3.05, 3.63) is 29.8 Å². The van der Waals surface area contributed by atoms with Gasteiger partial charge < -0.3 is 20.3 Å². The van der Waals surface area contributed by atoms with Gasteiger partial charge in [-0.05, 0) is 63.6 Å². The summed E-state index contributed by atoms with van der Waals surface area (Å²) in [6.07, 6.45) is 5.15. The Morgan fingerprint density at radius 3 is 2.78 bits per heavy atom. The molecule has 5 heteroatoms. The van der Waals surface area contributed by atoms with Crippen molar-refractivity contribution in [2.75, 3.05) is 39.3 Å². The Labute approximate surface area is 164 Å². The molecule has 1 aromatic carbocycles. The number of nitrogens with one attached hydrogen (secondary N) is 2. The highest BCUT2D eigenvalue weighted by molar-refractivity contribution is 5.79.